The largest absolute Gasteiger partial charge is 0.507 e. The van der Waals surface area contributed by atoms with Crippen LogP contribution < -0.4 is 15.8 Å². The molecular formula is C28H28N4O4S. The number of rotatable bonds is 2. The van der Waals surface area contributed by atoms with Gasteiger partial charge in [0.2, 0.25) is 0 Å². The highest BCUT2D eigenvalue weighted by molar-refractivity contribution is 7.92. The van der Waals surface area contributed by atoms with Crippen LogP contribution in [0.2, 0.25) is 0 Å². The zero-order valence-electron chi connectivity index (χ0n) is 20.3. The fourth-order valence-electron chi connectivity index (χ4n) is 4.62. The molecule has 0 saturated heterocycles. The summed E-state index contributed by atoms with van der Waals surface area (Å²) in [7, 11) is -4.18. The molecule has 0 radical (unpaired) electrons. The third-order valence-corrected chi connectivity index (χ3v) is 7.92. The molecule has 4 aromatic rings. The Labute approximate surface area is 215 Å². The van der Waals surface area contributed by atoms with E-state index in [9.17, 15) is 18.3 Å². The van der Waals surface area contributed by atoms with Crippen LogP contribution >= 0.6 is 0 Å². The first kappa shape index (κ1) is 24.5. The summed E-state index contributed by atoms with van der Waals surface area (Å²) >= 11 is 0. The van der Waals surface area contributed by atoms with Gasteiger partial charge in [-0.25, -0.2) is 8.42 Å². The lowest BCUT2D eigenvalue weighted by Gasteiger charge is -2.17. The number of benzene rings is 3. The maximum Gasteiger partial charge on any atom is 0.263 e. The third kappa shape index (κ3) is 5.03. The van der Waals surface area contributed by atoms with E-state index in [1.807, 2.05) is 30.3 Å². The van der Waals surface area contributed by atoms with Gasteiger partial charge in [-0.05, 0) is 60.2 Å². The number of amides is 1. The molecule has 0 saturated carbocycles. The van der Waals surface area contributed by atoms with Crippen LogP contribution in [0.15, 0.2) is 71.6 Å². The molecule has 8 nitrogen and oxygen atoms in total. The minimum atomic E-state index is -4.18. The summed E-state index contributed by atoms with van der Waals surface area (Å²) < 4.78 is 29.9. The molecule has 0 spiro atoms. The number of allylic oxidation sites excluding steroid dienone is 2. The zero-order chi connectivity index (χ0) is 26.2. The summed E-state index contributed by atoms with van der Waals surface area (Å²) in [6.07, 6.45) is 6.42. The van der Waals surface area contributed by atoms with E-state index in [1.54, 1.807) is 6.07 Å². The van der Waals surface area contributed by atoms with Gasteiger partial charge >= 0.3 is 0 Å². The number of H-pyrrole nitrogens is 1. The van der Waals surface area contributed by atoms with Crippen LogP contribution in [0.5, 0.6) is 5.75 Å². The molecule has 1 aliphatic heterocycles. The number of aromatic nitrogens is 1. The second-order valence-corrected chi connectivity index (χ2v) is 10.8. The number of aromatic hydroxyl groups is 1. The number of fused-ring (bicyclic) bond motifs is 7. The first-order valence-corrected chi connectivity index (χ1v) is 13.5. The topological polar surface area (TPSA) is 137 Å². The van der Waals surface area contributed by atoms with Gasteiger partial charge in [0.1, 0.15) is 10.6 Å². The highest BCUT2D eigenvalue weighted by Crippen LogP contribution is 2.33. The van der Waals surface area contributed by atoms with Gasteiger partial charge in [0.25, 0.3) is 15.9 Å². The van der Waals surface area contributed by atoms with Gasteiger partial charge < -0.3 is 21.1 Å². The van der Waals surface area contributed by atoms with Crippen molar-refractivity contribution in [1.82, 2.24) is 4.98 Å². The number of carbonyl (C=O) groups is 1. The first-order valence-electron chi connectivity index (χ1n) is 12.0. The van der Waals surface area contributed by atoms with E-state index in [0.29, 0.717) is 18.7 Å². The van der Waals surface area contributed by atoms with E-state index < -0.39 is 21.7 Å². The number of phenols is 1. The lowest BCUT2D eigenvalue weighted by molar-refractivity contribution is 0.0997. The van der Waals surface area contributed by atoms with Gasteiger partial charge in [0, 0.05) is 29.2 Å². The minimum absolute atomic E-state index is 0.154. The molecule has 1 aromatic heterocycles. The average Bonchev–Trinajstić information content (AvgIpc) is 3.28. The van der Waals surface area contributed by atoms with Crippen LogP contribution in [-0.2, 0) is 35.8 Å². The van der Waals surface area contributed by atoms with Crippen molar-refractivity contribution in [2.75, 3.05) is 10.0 Å². The van der Waals surface area contributed by atoms with Crippen molar-refractivity contribution in [3.63, 3.8) is 0 Å². The first-order chi connectivity index (χ1) is 17.7. The van der Waals surface area contributed by atoms with Crippen LogP contribution in [0.3, 0.4) is 0 Å². The average molecular weight is 517 g/mol. The summed E-state index contributed by atoms with van der Waals surface area (Å²) in [4.78, 5) is 15.1. The predicted octanol–water partition coefficient (Wildman–Crippen LogP) is 4.60. The molecular weight excluding hydrogens is 488 g/mol. The van der Waals surface area contributed by atoms with Gasteiger partial charge in [-0.3, -0.25) is 9.52 Å². The number of anilines is 2. The van der Waals surface area contributed by atoms with Crippen molar-refractivity contribution in [3.8, 4) is 5.75 Å². The Balaban J connectivity index is 1.69. The molecule has 37 heavy (non-hydrogen) atoms. The molecule has 0 unspecified atom stereocenters. The number of aryl methyl sites for hydroxylation is 1. The Hall–Kier alpha value is -4.24. The van der Waals surface area contributed by atoms with Crippen LogP contribution in [0.1, 0.15) is 39.7 Å². The Kier molecular flexibility index (Phi) is 6.39. The molecule has 1 aliphatic rings. The standard InChI is InChI=1S/C28H28N4O4S/c1-2-20-12-22-19-9-4-3-6-17-7-5-8-18(10-17)16-30-25-15-26(33)23(28(29)34)14-27(25)37(35,36)32-21(11-19)13-24(22)31-20/h3-5,7-8,10-15,30-33H,2,6,9,16H2,1H3,(H2,29,34)/b4-3+. The summed E-state index contributed by atoms with van der Waals surface area (Å²) in [5.41, 5.74) is 10.6. The van der Waals surface area contributed by atoms with Gasteiger partial charge in [0.15, 0.2) is 0 Å². The number of hydrogen-bond acceptors (Lipinski definition) is 5. The lowest BCUT2D eigenvalue weighted by atomic mass is 10.0. The molecule has 2 heterocycles. The summed E-state index contributed by atoms with van der Waals surface area (Å²) in [5, 5.41) is 14.5. The third-order valence-electron chi connectivity index (χ3n) is 6.50. The molecule has 6 N–H and O–H groups in total. The van der Waals surface area contributed by atoms with E-state index in [4.69, 9.17) is 5.73 Å². The number of primary amides is 1. The molecule has 9 heteroatoms. The second-order valence-electron chi connectivity index (χ2n) is 9.13. The summed E-state index contributed by atoms with van der Waals surface area (Å²) in [5.74, 6) is -1.33. The molecule has 1 amide bonds. The maximum atomic E-state index is 13.6. The Morgan fingerprint density at radius 2 is 1.81 bits per heavy atom. The Bertz CT molecular complexity index is 1650. The monoisotopic (exact) mass is 516 g/mol. The highest BCUT2D eigenvalue weighted by Gasteiger charge is 2.24. The SMILES string of the molecule is CCc1cc2c3cc(cc2[nH]1)NS(=O)(=O)c1cc(C(N)=O)c(O)cc1NCc1cccc(c1)C/C=C/C3. The maximum absolute atomic E-state index is 13.6. The number of aromatic amines is 1. The molecule has 0 atom stereocenters. The van der Waals surface area contributed by atoms with E-state index in [1.165, 1.54) is 6.07 Å². The van der Waals surface area contributed by atoms with Gasteiger partial charge in [0.05, 0.1) is 16.9 Å². The fourth-order valence-corrected chi connectivity index (χ4v) is 5.85. The van der Waals surface area contributed by atoms with Crippen LogP contribution in [0.25, 0.3) is 10.9 Å². The van der Waals surface area contributed by atoms with Crippen LogP contribution in [0.4, 0.5) is 11.4 Å². The van der Waals surface area contributed by atoms with Crippen molar-refractivity contribution in [2.45, 2.75) is 37.6 Å². The van der Waals surface area contributed by atoms with E-state index in [-0.39, 0.29) is 16.1 Å². The predicted molar refractivity (Wildman–Crippen MR) is 145 cm³/mol. The van der Waals surface area contributed by atoms with Crippen molar-refractivity contribution >= 4 is 38.2 Å². The molecule has 190 valence electrons. The molecule has 0 aliphatic carbocycles. The summed E-state index contributed by atoms with van der Waals surface area (Å²) in [6, 6.07) is 16.0. The van der Waals surface area contributed by atoms with Crippen molar-refractivity contribution in [3.05, 3.63) is 94.7 Å². The summed E-state index contributed by atoms with van der Waals surface area (Å²) in [6.45, 7) is 2.37. The number of carbonyl (C=O) groups excluding carboxylic acids is 1. The Morgan fingerprint density at radius 1 is 1.03 bits per heavy atom. The molecule has 0 fully saturated rings. The molecule has 5 rings (SSSR count). The highest BCUT2D eigenvalue weighted by atomic mass is 32.2. The smallest absolute Gasteiger partial charge is 0.263 e. The van der Waals surface area contributed by atoms with Gasteiger partial charge in [-0.1, -0.05) is 43.3 Å². The fraction of sp³-hybridized carbons (Fsp3) is 0.179. The number of sulfonamides is 1. The number of nitrogens with two attached hydrogens (primary N) is 1. The molecule has 4 bridgehead atoms. The minimum Gasteiger partial charge on any atom is -0.507 e. The van der Waals surface area contributed by atoms with E-state index in [0.717, 1.165) is 52.2 Å². The lowest BCUT2D eigenvalue weighted by Crippen LogP contribution is -2.18. The van der Waals surface area contributed by atoms with Crippen molar-refractivity contribution < 1.29 is 18.3 Å². The van der Waals surface area contributed by atoms with Gasteiger partial charge in [-0.15, -0.1) is 0 Å². The number of nitrogens with one attached hydrogen (secondary N) is 3. The quantitative estimate of drug-likeness (QED) is 0.248. The normalized spacial score (nSPS) is 15.8. The van der Waals surface area contributed by atoms with Crippen LogP contribution in [-0.4, -0.2) is 24.4 Å². The van der Waals surface area contributed by atoms with Crippen molar-refractivity contribution in [1.29, 1.82) is 0 Å². The molecule has 3 aromatic carbocycles. The van der Waals surface area contributed by atoms with Crippen LogP contribution in [0, 0.1) is 0 Å². The van der Waals surface area contributed by atoms with Crippen molar-refractivity contribution in [2.24, 2.45) is 5.73 Å². The Morgan fingerprint density at radius 3 is 2.59 bits per heavy atom. The van der Waals surface area contributed by atoms with E-state index >= 15 is 0 Å². The second kappa shape index (κ2) is 9.67. The zero-order valence-corrected chi connectivity index (χ0v) is 21.2. The van der Waals surface area contributed by atoms with Gasteiger partial charge in [-0.2, -0.15) is 0 Å². The van der Waals surface area contributed by atoms with E-state index in [2.05, 4.69) is 40.2 Å². The number of hydrogen-bond donors (Lipinski definition) is 5.